The first-order valence-corrected chi connectivity index (χ1v) is 7.02. The van der Waals surface area contributed by atoms with Gasteiger partial charge in [-0.3, -0.25) is 14.6 Å². The third-order valence-electron chi connectivity index (χ3n) is 3.48. The van der Waals surface area contributed by atoms with Gasteiger partial charge in [0.15, 0.2) is 0 Å². The van der Waals surface area contributed by atoms with Crippen molar-refractivity contribution in [2.75, 3.05) is 39.3 Å². The summed E-state index contributed by atoms with van der Waals surface area (Å²) in [6, 6.07) is 0.720. The SMILES string of the molecule is CCC(CN)N1CCN(CC(=O)NC(C)C)CC1. The van der Waals surface area contributed by atoms with Crippen LogP contribution in [0, 0.1) is 0 Å². The lowest BCUT2D eigenvalue weighted by Crippen LogP contribution is -2.54. The Morgan fingerprint density at radius 1 is 1.28 bits per heavy atom. The van der Waals surface area contributed by atoms with E-state index in [2.05, 4.69) is 22.0 Å². The van der Waals surface area contributed by atoms with E-state index in [9.17, 15) is 4.79 Å². The Hall–Kier alpha value is -0.650. The van der Waals surface area contributed by atoms with Crippen LogP contribution in [0.25, 0.3) is 0 Å². The van der Waals surface area contributed by atoms with E-state index in [-0.39, 0.29) is 11.9 Å². The molecule has 5 nitrogen and oxygen atoms in total. The fourth-order valence-corrected chi connectivity index (χ4v) is 2.43. The Morgan fingerprint density at radius 2 is 1.89 bits per heavy atom. The van der Waals surface area contributed by atoms with Crippen molar-refractivity contribution in [3.05, 3.63) is 0 Å². The van der Waals surface area contributed by atoms with Crippen LogP contribution in [0.3, 0.4) is 0 Å². The molecule has 1 aliphatic rings. The summed E-state index contributed by atoms with van der Waals surface area (Å²) < 4.78 is 0. The van der Waals surface area contributed by atoms with Crippen molar-refractivity contribution in [1.29, 1.82) is 0 Å². The van der Waals surface area contributed by atoms with Crippen molar-refractivity contribution in [2.45, 2.75) is 39.3 Å². The zero-order chi connectivity index (χ0) is 13.5. The van der Waals surface area contributed by atoms with E-state index in [1.54, 1.807) is 0 Å². The van der Waals surface area contributed by atoms with Crippen LogP contribution in [0.2, 0.25) is 0 Å². The summed E-state index contributed by atoms with van der Waals surface area (Å²) in [6.45, 7) is 11.4. The quantitative estimate of drug-likeness (QED) is 0.695. The topological polar surface area (TPSA) is 61.6 Å². The smallest absolute Gasteiger partial charge is 0.234 e. The lowest BCUT2D eigenvalue weighted by atomic mass is 10.1. The van der Waals surface area contributed by atoms with Crippen LogP contribution in [0.15, 0.2) is 0 Å². The highest BCUT2D eigenvalue weighted by Gasteiger charge is 2.22. The van der Waals surface area contributed by atoms with Gasteiger partial charge in [-0.05, 0) is 20.3 Å². The van der Waals surface area contributed by atoms with Gasteiger partial charge in [-0.1, -0.05) is 6.92 Å². The van der Waals surface area contributed by atoms with E-state index >= 15 is 0 Å². The Kier molecular flexibility index (Phi) is 6.60. The molecule has 106 valence electrons. The monoisotopic (exact) mass is 256 g/mol. The first kappa shape index (κ1) is 15.4. The second kappa shape index (κ2) is 7.71. The van der Waals surface area contributed by atoms with Crippen molar-refractivity contribution in [3.63, 3.8) is 0 Å². The number of carbonyl (C=O) groups excluding carboxylic acids is 1. The molecule has 0 aromatic carbocycles. The van der Waals surface area contributed by atoms with Gasteiger partial charge >= 0.3 is 0 Å². The van der Waals surface area contributed by atoms with Crippen LogP contribution in [0.4, 0.5) is 0 Å². The summed E-state index contributed by atoms with van der Waals surface area (Å²) >= 11 is 0. The molecule has 1 saturated heterocycles. The van der Waals surface area contributed by atoms with Crippen molar-refractivity contribution in [1.82, 2.24) is 15.1 Å². The van der Waals surface area contributed by atoms with Crippen molar-refractivity contribution >= 4 is 5.91 Å². The summed E-state index contributed by atoms with van der Waals surface area (Å²) in [6.07, 6.45) is 1.10. The summed E-state index contributed by atoms with van der Waals surface area (Å²) in [7, 11) is 0. The van der Waals surface area contributed by atoms with Crippen molar-refractivity contribution < 1.29 is 4.79 Å². The standard InChI is InChI=1S/C13H28N4O/c1-4-12(9-14)17-7-5-16(6-8-17)10-13(18)15-11(2)3/h11-12H,4-10,14H2,1-3H3,(H,15,18). The molecule has 1 unspecified atom stereocenters. The number of rotatable bonds is 6. The van der Waals surface area contributed by atoms with Crippen LogP contribution < -0.4 is 11.1 Å². The Labute approximate surface area is 111 Å². The van der Waals surface area contributed by atoms with Crippen molar-refractivity contribution in [2.24, 2.45) is 5.73 Å². The van der Waals surface area contributed by atoms with Gasteiger partial charge in [0.1, 0.15) is 0 Å². The van der Waals surface area contributed by atoms with Crippen LogP contribution in [0.1, 0.15) is 27.2 Å². The molecule has 0 aromatic rings. The minimum Gasteiger partial charge on any atom is -0.353 e. The van der Waals surface area contributed by atoms with Gasteiger partial charge in [-0.2, -0.15) is 0 Å². The molecule has 1 rings (SSSR count). The average Bonchev–Trinajstić information content (AvgIpc) is 2.31. The molecule has 0 bridgehead atoms. The highest BCUT2D eigenvalue weighted by Crippen LogP contribution is 2.08. The molecule has 1 fully saturated rings. The first-order valence-electron chi connectivity index (χ1n) is 7.02. The van der Waals surface area contributed by atoms with Crippen LogP contribution >= 0.6 is 0 Å². The maximum Gasteiger partial charge on any atom is 0.234 e. The summed E-state index contributed by atoms with van der Waals surface area (Å²) in [5, 5.41) is 2.93. The summed E-state index contributed by atoms with van der Waals surface area (Å²) in [5.74, 6) is 0.129. The molecule has 5 heteroatoms. The third-order valence-corrected chi connectivity index (χ3v) is 3.48. The number of nitrogens with zero attached hydrogens (tertiary/aromatic N) is 2. The summed E-state index contributed by atoms with van der Waals surface area (Å²) in [4.78, 5) is 16.3. The molecule has 0 saturated carbocycles. The number of amides is 1. The van der Waals surface area contributed by atoms with Crippen molar-refractivity contribution in [3.8, 4) is 0 Å². The number of hydrogen-bond donors (Lipinski definition) is 2. The minimum atomic E-state index is 0.129. The van der Waals surface area contributed by atoms with Crippen LogP contribution in [-0.2, 0) is 4.79 Å². The molecule has 0 aliphatic carbocycles. The fraction of sp³-hybridized carbons (Fsp3) is 0.923. The molecular formula is C13H28N4O. The van der Waals surface area contributed by atoms with Gasteiger partial charge in [0.05, 0.1) is 6.54 Å². The number of nitrogens with two attached hydrogens (primary N) is 1. The van der Waals surface area contributed by atoms with E-state index in [1.165, 1.54) is 0 Å². The van der Waals surface area contributed by atoms with Crippen LogP contribution in [-0.4, -0.2) is 67.1 Å². The maximum atomic E-state index is 11.7. The van der Waals surface area contributed by atoms with Gasteiger partial charge in [-0.15, -0.1) is 0 Å². The molecule has 1 amide bonds. The second-order valence-electron chi connectivity index (χ2n) is 5.33. The predicted molar refractivity (Wildman–Crippen MR) is 74.4 cm³/mol. The molecule has 0 radical (unpaired) electrons. The highest BCUT2D eigenvalue weighted by atomic mass is 16.2. The molecular weight excluding hydrogens is 228 g/mol. The number of piperazine rings is 1. The summed E-state index contributed by atoms with van der Waals surface area (Å²) in [5.41, 5.74) is 5.76. The first-order chi connectivity index (χ1) is 8.56. The van der Waals surface area contributed by atoms with Gasteiger partial charge < -0.3 is 11.1 Å². The zero-order valence-electron chi connectivity index (χ0n) is 12.0. The van der Waals surface area contributed by atoms with Crippen LogP contribution in [0.5, 0.6) is 0 Å². The maximum absolute atomic E-state index is 11.7. The molecule has 1 heterocycles. The third kappa shape index (κ3) is 4.92. The Morgan fingerprint density at radius 3 is 2.33 bits per heavy atom. The number of carbonyl (C=O) groups is 1. The number of hydrogen-bond acceptors (Lipinski definition) is 4. The Bertz CT molecular complexity index is 245. The highest BCUT2D eigenvalue weighted by molar-refractivity contribution is 5.78. The van der Waals surface area contributed by atoms with Gasteiger partial charge in [-0.25, -0.2) is 0 Å². The molecule has 3 N–H and O–H groups in total. The number of nitrogens with one attached hydrogen (secondary N) is 1. The normalized spacial score (nSPS) is 20.1. The molecule has 0 aromatic heterocycles. The van der Waals surface area contributed by atoms with Gasteiger partial charge in [0.2, 0.25) is 5.91 Å². The van der Waals surface area contributed by atoms with E-state index in [0.717, 1.165) is 39.1 Å². The zero-order valence-corrected chi connectivity index (χ0v) is 12.0. The van der Waals surface area contributed by atoms with E-state index < -0.39 is 0 Å². The molecule has 18 heavy (non-hydrogen) atoms. The van der Waals surface area contributed by atoms with E-state index in [4.69, 9.17) is 5.73 Å². The minimum absolute atomic E-state index is 0.129. The lowest BCUT2D eigenvalue weighted by molar-refractivity contribution is -0.123. The lowest BCUT2D eigenvalue weighted by Gasteiger charge is -2.38. The Balaban J connectivity index is 2.29. The average molecular weight is 256 g/mol. The fourth-order valence-electron chi connectivity index (χ4n) is 2.43. The molecule has 1 atom stereocenters. The second-order valence-corrected chi connectivity index (χ2v) is 5.33. The van der Waals surface area contributed by atoms with E-state index in [1.807, 2.05) is 13.8 Å². The largest absolute Gasteiger partial charge is 0.353 e. The molecule has 1 aliphatic heterocycles. The van der Waals surface area contributed by atoms with Gasteiger partial charge in [0, 0.05) is 44.8 Å². The predicted octanol–water partition coefficient (Wildman–Crippen LogP) is -0.134. The van der Waals surface area contributed by atoms with Gasteiger partial charge in [0.25, 0.3) is 0 Å². The van der Waals surface area contributed by atoms with E-state index in [0.29, 0.717) is 12.6 Å². The molecule has 0 spiro atoms.